The maximum atomic E-state index is 10.9. The number of carboxylic acids is 2. The number of aliphatic carboxylic acids is 1. The molecule has 136 valence electrons. The Kier molecular flexibility index (Phi) is 5.35. The Morgan fingerprint density at radius 2 is 1.81 bits per heavy atom. The van der Waals surface area contributed by atoms with Gasteiger partial charge in [-0.05, 0) is 23.6 Å². The number of alkyl halides is 3. The van der Waals surface area contributed by atoms with E-state index >= 15 is 0 Å². The Morgan fingerprint density at radius 3 is 2.42 bits per heavy atom. The largest absolute Gasteiger partial charge is 0.490 e. The van der Waals surface area contributed by atoms with Crippen LogP contribution in [0.2, 0.25) is 0 Å². The number of benzene rings is 1. The number of aromatic carboxylic acids is 1. The Hall–Kier alpha value is -3.70. The van der Waals surface area contributed by atoms with E-state index in [0.29, 0.717) is 5.75 Å². The number of aromatic amines is 1. The maximum Gasteiger partial charge on any atom is 0.490 e. The van der Waals surface area contributed by atoms with Crippen molar-refractivity contribution in [3.8, 4) is 11.6 Å². The Morgan fingerprint density at radius 1 is 1.12 bits per heavy atom. The Labute approximate surface area is 142 Å². The van der Waals surface area contributed by atoms with E-state index in [0.717, 1.165) is 10.8 Å². The molecule has 0 atom stereocenters. The number of aromatic nitrogens is 4. The summed E-state index contributed by atoms with van der Waals surface area (Å²) < 4.78 is 37.1. The van der Waals surface area contributed by atoms with Gasteiger partial charge in [0.2, 0.25) is 5.69 Å². The average molecular weight is 370 g/mol. The summed E-state index contributed by atoms with van der Waals surface area (Å²) >= 11 is 0. The number of halogens is 3. The summed E-state index contributed by atoms with van der Waals surface area (Å²) in [6.07, 6.45) is -1.69. The van der Waals surface area contributed by atoms with Crippen LogP contribution in [0.15, 0.2) is 36.7 Å². The predicted molar refractivity (Wildman–Crippen MR) is 78.8 cm³/mol. The SMILES string of the molecule is O=C(O)C(F)(F)F.O=C(O)c1[nH]nnc1Oc1ccc2ccncc2c1. The molecular formula is C14H9F3N4O5. The fourth-order valence-electron chi connectivity index (χ4n) is 1.67. The van der Waals surface area contributed by atoms with Crippen LogP contribution in [-0.2, 0) is 4.79 Å². The van der Waals surface area contributed by atoms with Crippen LogP contribution >= 0.6 is 0 Å². The van der Waals surface area contributed by atoms with Gasteiger partial charge in [0.1, 0.15) is 5.75 Å². The smallest absolute Gasteiger partial charge is 0.476 e. The zero-order valence-electron chi connectivity index (χ0n) is 12.6. The lowest BCUT2D eigenvalue weighted by Gasteiger charge is -2.04. The summed E-state index contributed by atoms with van der Waals surface area (Å²) in [6.45, 7) is 0. The van der Waals surface area contributed by atoms with Crippen molar-refractivity contribution in [3.05, 3.63) is 42.4 Å². The fourth-order valence-corrected chi connectivity index (χ4v) is 1.67. The van der Waals surface area contributed by atoms with Gasteiger partial charge in [-0.2, -0.15) is 13.2 Å². The molecule has 0 saturated heterocycles. The van der Waals surface area contributed by atoms with Gasteiger partial charge in [-0.15, -0.1) is 0 Å². The first-order chi connectivity index (χ1) is 12.2. The molecule has 0 bridgehead atoms. The summed E-state index contributed by atoms with van der Waals surface area (Å²) in [5.74, 6) is -3.54. The van der Waals surface area contributed by atoms with Crippen LogP contribution < -0.4 is 4.74 Å². The molecule has 3 rings (SSSR count). The first-order valence-corrected chi connectivity index (χ1v) is 6.64. The second-order valence-corrected chi connectivity index (χ2v) is 4.59. The molecule has 2 aromatic heterocycles. The lowest BCUT2D eigenvalue weighted by Crippen LogP contribution is -2.21. The van der Waals surface area contributed by atoms with Crippen molar-refractivity contribution in [2.24, 2.45) is 0 Å². The summed E-state index contributed by atoms with van der Waals surface area (Å²) in [5.41, 5.74) is -0.189. The van der Waals surface area contributed by atoms with Crippen molar-refractivity contribution in [1.82, 2.24) is 20.4 Å². The molecular weight excluding hydrogens is 361 g/mol. The molecule has 3 N–H and O–H groups in total. The highest BCUT2D eigenvalue weighted by atomic mass is 19.4. The van der Waals surface area contributed by atoms with Gasteiger partial charge in [-0.25, -0.2) is 14.7 Å². The molecule has 12 heteroatoms. The number of hydrogen-bond donors (Lipinski definition) is 3. The number of rotatable bonds is 3. The first kappa shape index (κ1) is 18.6. The quantitative estimate of drug-likeness (QED) is 0.639. The fraction of sp³-hybridized carbons (Fsp3) is 0.0714. The molecule has 0 aliphatic rings. The van der Waals surface area contributed by atoms with E-state index in [9.17, 15) is 18.0 Å². The van der Waals surface area contributed by atoms with Crippen LogP contribution in [0.4, 0.5) is 13.2 Å². The Bertz CT molecular complexity index is 941. The summed E-state index contributed by atoms with van der Waals surface area (Å²) in [7, 11) is 0. The molecule has 0 fully saturated rings. The van der Waals surface area contributed by atoms with Crippen molar-refractivity contribution >= 4 is 22.7 Å². The molecule has 0 spiro atoms. The lowest BCUT2D eigenvalue weighted by atomic mass is 10.2. The van der Waals surface area contributed by atoms with E-state index in [-0.39, 0.29) is 11.6 Å². The van der Waals surface area contributed by atoms with Crippen molar-refractivity contribution in [3.63, 3.8) is 0 Å². The van der Waals surface area contributed by atoms with Crippen LogP contribution in [0.5, 0.6) is 11.6 Å². The van der Waals surface area contributed by atoms with Crippen LogP contribution in [0.1, 0.15) is 10.5 Å². The molecule has 3 aromatic rings. The number of carbonyl (C=O) groups is 2. The average Bonchev–Trinajstić information content (AvgIpc) is 3.03. The van der Waals surface area contributed by atoms with E-state index in [4.69, 9.17) is 19.7 Å². The second-order valence-electron chi connectivity index (χ2n) is 4.59. The van der Waals surface area contributed by atoms with Crippen LogP contribution in [-0.4, -0.2) is 48.7 Å². The lowest BCUT2D eigenvalue weighted by molar-refractivity contribution is -0.192. The number of carboxylic acid groups (broad SMARTS) is 2. The third kappa shape index (κ3) is 4.66. The highest BCUT2D eigenvalue weighted by molar-refractivity contribution is 5.88. The predicted octanol–water partition coefficient (Wildman–Crippen LogP) is 2.48. The molecule has 26 heavy (non-hydrogen) atoms. The van der Waals surface area contributed by atoms with E-state index < -0.39 is 18.1 Å². The summed E-state index contributed by atoms with van der Waals surface area (Å²) in [6, 6.07) is 7.20. The molecule has 0 aliphatic heterocycles. The number of H-pyrrole nitrogens is 1. The molecule has 0 saturated carbocycles. The zero-order valence-corrected chi connectivity index (χ0v) is 12.6. The van der Waals surface area contributed by atoms with Crippen LogP contribution in [0.25, 0.3) is 10.8 Å². The molecule has 0 amide bonds. The number of pyridine rings is 1. The van der Waals surface area contributed by atoms with Gasteiger partial charge in [-0.1, -0.05) is 16.4 Å². The number of nitrogens with one attached hydrogen (secondary N) is 1. The molecule has 0 aliphatic carbocycles. The van der Waals surface area contributed by atoms with Crippen molar-refractivity contribution < 1.29 is 37.7 Å². The number of fused-ring (bicyclic) bond motifs is 1. The standard InChI is InChI=1S/C12H8N4O3.C2HF3O2/c17-12(18)10-11(15-16-14-10)19-9-2-1-7-3-4-13-6-8(7)5-9;3-2(4,5)1(6)7/h1-6H,(H,17,18)(H,14,15,16);(H,6,7). The topological polar surface area (TPSA) is 138 Å². The van der Waals surface area contributed by atoms with E-state index in [1.54, 1.807) is 24.5 Å². The van der Waals surface area contributed by atoms with E-state index in [2.05, 4.69) is 20.4 Å². The maximum absolute atomic E-state index is 10.9. The highest BCUT2D eigenvalue weighted by Crippen LogP contribution is 2.25. The van der Waals surface area contributed by atoms with Gasteiger partial charge in [0.25, 0.3) is 5.88 Å². The van der Waals surface area contributed by atoms with Gasteiger partial charge < -0.3 is 14.9 Å². The molecule has 2 heterocycles. The minimum atomic E-state index is -5.08. The van der Waals surface area contributed by atoms with Gasteiger partial charge in [-0.3, -0.25) is 4.98 Å². The zero-order chi connectivity index (χ0) is 19.3. The summed E-state index contributed by atoms with van der Waals surface area (Å²) in [4.78, 5) is 23.8. The van der Waals surface area contributed by atoms with Crippen LogP contribution in [0.3, 0.4) is 0 Å². The molecule has 0 radical (unpaired) electrons. The number of ether oxygens (including phenoxy) is 1. The number of hydrogen-bond acceptors (Lipinski definition) is 6. The van der Waals surface area contributed by atoms with Crippen molar-refractivity contribution in [2.75, 3.05) is 0 Å². The minimum absolute atomic E-state index is 0.0734. The monoisotopic (exact) mass is 370 g/mol. The van der Waals surface area contributed by atoms with Gasteiger partial charge >= 0.3 is 18.1 Å². The Balaban J connectivity index is 0.000000298. The molecule has 1 aromatic carbocycles. The van der Waals surface area contributed by atoms with Crippen LogP contribution in [0, 0.1) is 0 Å². The third-order valence-corrected chi connectivity index (χ3v) is 2.80. The molecule has 0 unspecified atom stereocenters. The first-order valence-electron chi connectivity index (χ1n) is 6.64. The normalized spacial score (nSPS) is 10.7. The van der Waals surface area contributed by atoms with Crippen molar-refractivity contribution in [2.45, 2.75) is 6.18 Å². The summed E-state index contributed by atoms with van der Waals surface area (Å²) in [5, 5.41) is 27.2. The van der Waals surface area contributed by atoms with Crippen molar-refractivity contribution in [1.29, 1.82) is 0 Å². The molecule has 9 nitrogen and oxygen atoms in total. The van der Waals surface area contributed by atoms with Gasteiger partial charge in [0.05, 0.1) is 0 Å². The minimum Gasteiger partial charge on any atom is -0.476 e. The van der Waals surface area contributed by atoms with E-state index in [1.807, 2.05) is 12.1 Å². The highest BCUT2D eigenvalue weighted by Gasteiger charge is 2.38. The van der Waals surface area contributed by atoms with E-state index in [1.165, 1.54) is 0 Å². The number of nitrogens with zero attached hydrogens (tertiary/aromatic N) is 3. The third-order valence-electron chi connectivity index (χ3n) is 2.80. The van der Waals surface area contributed by atoms with Gasteiger partial charge in [0, 0.05) is 17.8 Å². The van der Waals surface area contributed by atoms with Gasteiger partial charge in [0.15, 0.2) is 0 Å². The second kappa shape index (κ2) is 7.46.